The molecular weight excluding hydrogens is 281 g/mol. The van der Waals surface area contributed by atoms with Crippen molar-refractivity contribution in [3.8, 4) is 0 Å². The molecule has 0 atom stereocenters. The van der Waals surface area contributed by atoms with Crippen molar-refractivity contribution < 1.29 is 18.0 Å². The first-order valence-electron chi connectivity index (χ1n) is 5.70. The summed E-state index contributed by atoms with van der Waals surface area (Å²) < 4.78 is 39.2. The molecule has 1 aliphatic rings. The lowest BCUT2D eigenvalue weighted by atomic mass is 9.98. The van der Waals surface area contributed by atoms with Gasteiger partial charge in [0.05, 0.1) is 6.42 Å². The quantitative estimate of drug-likeness (QED) is 0.841. The summed E-state index contributed by atoms with van der Waals surface area (Å²) >= 11 is 5.67. The van der Waals surface area contributed by atoms with Crippen LogP contribution in [0.2, 0.25) is 5.02 Å². The van der Waals surface area contributed by atoms with Crippen LogP contribution in [0.25, 0.3) is 0 Å². The highest BCUT2D eigenvalue weighted by molar-refractivity contribution is 6.30. The molecule has 1 saturated heterocycles. The third-order valence-electron chi connectivity index (χ3n) is 3.05. The fourth-order valence-corrected chi connectivity index (χ4v) is 2.14. The van der Waals surface area contributed by atoms with Gasteiger partial charge in [-0.25, -0.2) is 0 Å². The number of ketones is 1. The van der Waals surface area contributed by atoms with Gasteiger partial charge < -0.3 is 0 Å². The summed E-state index contributed by atoms with van der Waals surface area (Å²) in [6.07, 6.45) is -5.22. The van der Waals surface area contributed by atoms with Crippen LogP contribution in [0.4, 0.5) is 13.2 Å². The van der Waals surface area contributed by atoms with E-state index in [4.69, 9.17) is 11.6 Å². The van der Waals surface area contributed by atoms with E-state index >= 15 is 0 Å². The van der Waals surface area contributed by atoms with Gasteiger partial charge in [0.15, 0.2) is 11.4 Å². The normalized spacial score (nSPS) is 18.5. The van der Waals surface area contributed by atoms with Crippen LogP contribution in [-0.2, 0) is 0 Å². The minimum absolute atomic E-state index is 0.174. The molecule has 1 aromatic carbocycles. The third kappa shape index (κ3) is 2.91. The van der Waals surface area contributed by atoms with Crippen LogP contribution in [0, 0.1) is 0 Å². The molecule has 0 bridgehead atoms. The van der Waals surface area contributed by atoms with Crippen molar-refractivity contribution in [2.45, 2.75) is 18.3 Å². The summed E-state index contributed by atoms with van der Waals surface area (Å²) in [5, 5.41) is 5.11. The minimum Gasteiger partial charge on any atom is -0.294 e. The van der Waals surface area contributed by atoms with Gasteiger partial charge in [0, 0.05) is 23.7 Å². The van der Waals surface area contributed by atoms with E-state index in [1.54, 1.807) is 0 Å². The Hall–Kier alpha value is -1.11. The third-order valence-corrected chi connectivity index (χ3v) is 3.31. The molecule has 0 saturated carbocycles. The second-order valence-corrected chi connectivity index (χ2v) is 4.80. The van der Waals surface area contributed by atoms with Crippen molar-refractivity contribution in [2.75, 3.05) is 13.1 Å². The highest BCUT2D eigenvalue weighted by Gasteiger charge is 2.57. The molecule has 1 aromatic rings. The molecule has 0 aliphatic carbocycles. The zero-order chi connectivity index (χ0) is 14.1. The van der Waals surface area contributed by atoms with Gasteiger partial charge in [-0.2, -0.15) is 13.2 Å². The topological polar surface area (TPSA) is 41.1 Å². The molecule has 1 heterocycles. The van der Waals surface area contributed by atoms with Crippen LogP contribution < -0.4 is 10.6 Å². The van der Waals surface area contributed by atoms with E-state index in [1.807, 2.05) is 0 Å². The van der Waals surface area contributed by atoms with Gasteiger partial charge in [-0.1, -0.05) is 11.6 Å². The van der Waals surface area contributed by atoms with Gasteiger partial charge in [-0.3, -0.25) is 15.4 Å². The summed E-state index contributed by atoms with van der Waals surface area (Å²) in [6.45, 7) is 0.348. The van der Waals surface area contributed by atoms with E-state index in [9.17, 15) is 18.0 Å². The van der Waals surface area contributed by atoms with Gasteiger partial charge in [0.2, 0.25) is 0 Å². The lowest BCUT2D eigenvalue weighted by Gasteiger charge is -2.31. The van der Waals surface area contributed by atoms with Crippen molar-refractivity contribution >= 4 is 17.4 Å². The SMILES string of the molecule is O=C(CC1(C(F)(F)F)NCCN1)c1ccc(Cl)cc1. The summed E-state index contributed by atoms with van der Waals surface area (Å²) in [6, 6.07) is 5.79. The summed E-state index contributed by atoms with van der Waals surface area (Å²) in [4.78, 5) is 11.9. The standard InChI is InChI=1S/C12H12ClF3N2O/c13-9-3-1-8(2-4-9)10(19)7-11(12(14,15)16)17-5-6-18-11/h1-4,17-18H,5-7H2. The van der Waals surface area contributed by atoms with Crippen LogP contribution in [0.5, 0.6) is 0 Å². The largest absolute Gasteiger partial charge is 0.420 e. The minimum atomic E-state index is -4.54. The van der Waals surface area contributed by atoms with E-state index in [0.29, 0.717) is 5.02 Å². The van der Waals surface area contributed by atoms with Crippen LogP contribution in [-0.4, -0.2) is 30.7 Å². The lowest BCUT2D eigenvalue weighted by molar-refractivity contribution is -0.198. The molecule has 0 spiro atoms. The Kier molecular flexibility index (Phi) is 3.85. The summed E-state index contributed by atoms with van der Waals surface area (Å²) in [5.41, 5.74) is -2.12. The summed E-state index contributed by atoms with van der Waals surface area (Å²) in [7, 11) is 0. The fourth-order valence-electron chi connectivity index (χ4n) is 2.02. The van der Waals surface area contributed by atoms with E-state index in [1.165, 1.54) is 24.3 Å². The fraction of sp³-hybridized carbons (Fsp3) is 0.417. The Labute approximate surface area is 113 Å². The lowest BCUT2D eigenvalue weighted by Crippen LogP contribution is -2.61. The molecule has 2 N–H and O–H groups in total. The van der Waals surface area contributed by atoms with Gasteiger partial charge in [0.25, 0.3) is 0 Å². The zero-order valence-corrected chi connectivity index (χ0v) is 10.6. The number of halogens is 4. The maximum atomic E-state index is 13.1. The van der Waals surface area contributed by atoms with E-state index in [0.717, 1.165) is 0 Å². The highest BCUT2D eigenvalue weighted by atomic mass is 35.5. The smallest absolute Gasteiger partial charge is 0.294 e. The van der Waals surface area contributed by atoms with Gasteiger partial charge >= 0.3 is 6.18 Å². The average Bonchev–Trinajstić information content (AvgIpc) is 2.79. The Morgan fingerprint density at radius 2 is 1.74 bits per heavy atom. The first kappa shape index (κ1) is 14.3. The predicted molar refractivity (Wildman–Crippen MR) is 65.2 cm³/mol. The number of nitrogens with one attached hydrogen (secondary N) is 2. The molecule has 0 amide bonds. The van der Waals surface area contributed by atoms with Gasteiger partial charge in [0.1, 0.15) is 0 Å². The number of hydrogen-bond acceptors (Lipinski definition) is 3. The molecule has 1 aliphatic heterocycles. The number of Topliss-reactive ketones (excluding diaryl/α,β-unsaturated/α-hetero) is 1. The highest BCUT2D eigenvalue weighted by Crippen LogP contribution is 2.33. The molecule has 1 fully saturated rings. The van der Waals surface area contributed by atoms with Crippen LogP contribution in [0.1, 0.15) is 16.8 Å². The Bertz CT molecular complexity index is 467. The number of carbonyl (C=O) groups is 1. The first-order valence-corrected chi connectivity index (χ1v) is 6.07. The van der Waals surface area contributed by atoms with Gasteiger partial charge in [-0.15, -0.1) is 0 Å². The van der Waals surface area contributed by atoms with Crippen LogP contribution in [0.15, 0.2) is 24.3 Å². The van der Waals surface area contributed by atoms with Gasteiger partial charge in [-0.05, 0) is 24.3 Å². The Balaban J connectivity index is 2.18. The molecule has 19 heavy (non-hydrogen) atoms. The Morgan fingerprint density at radius 1 is 1.21 bits per heavy atom. The monoisotopic (exact) mass is 292 g/mol. The van der Waals surface area contributed by atoms with E-state index in [-0.39, 0.29) is 18.7 Å². The van der Waals surface area contributed by atoms with Crippen molar-refractivity contribution in [2.24, 2.45) is 0 Å². The second kappa shape index (κ2) is 5.11. The molecule has 0 aromatic heterocycles. The average molecular weight is 293 g/mol. The molecule has 0 radical (unpaired) electrons. The summed E-state index contributed by atoms with van der Waals surface area (Å²) in [5.74, 6) is -0.587. The Morgan fingerprint density at radius 3 is 2.21 bits per heavy atom. The first-order chi connectivity index (χ1) is 8.84. The molecule has 2 rings (SSSR count). The van der Waals surface area contributed by atoms with Crippen LogP contribution in [0.3, 0.4) is 0 Å². The molecule has 104 valence electrons. The zero-order valence-electron chi connectivity index (χ0n) is 9.85. The number of carbonyl (C=O) groups excluding carboxylic acids is 1. The number of rotatable bonds is 3. The molecular formula is C12H12ClF3N2O. The molecule has 3 nitrogen and oxygen atoms in total. The van der Waals surface area contributed by atoms with Crippen LogP contribution >= 0.6 is 11.6 Å². The van der Waals surface area contributed by atoms with E-state index in [2.05, 4.69) is 10.6 Å². The number of hydrogen-bond donors (Lipinski definition) is 2. The number of benzene rings is 1. The maximum absolute atomic E-state index is 13.1. The molecule has 0 unspecified atom stereocenters. The van der Waals surface area contributed by atoms with E-state index < -0.39 is 24.0 Å². The van der Waals surface area contributed by atoms with Crippen molar-refractivity contribution in [3.05, 3.63) is 34.9 Å². The van der Waals surface area contributed by atoms with Crippen molar-refractivity contribution in [3.63, 3.8) is 0 Å². The predicted octanol–water partition coefficient (Wildman–Crippen LogP) is 2.36. The van der Waals surface area contributed by atoms with Crippen molar-refractivity contribution in [1.29, 1.82) is 0 Å². The second-order valence-electron chi connectivity index (χ2n) is 4.36. The molecule has 7 heteroatoms. The maximum Gasteiger partial charge on any atom is 0.420 e. The van der Waals surface area contributed by atoms with Crippen molar-refractivity contribution in [1.82, 2.24) is 10.6 Å². The number of alkyl halides is 3.